The number of carbonyl (C=O) groups is 6. The van der Waals surface area contributed by atoms with Crippen LogP contribution in [0.15, 0.2) is 73.3 Å². The topological polar surface area (TPSA) is 274 Å². The third kappa shape index (κ3) is 11.1. The zero-order valence-electron chi connectivity index (χ0n) is 27.9. The van der Waals surface area contributed by atoms with Crippen molar-refractivity contribution in [1.29, 1.82) is 0 Å². The maximum atomic E-state index is 13.8. The van der Waals surface area contributed by atoms with Crippen LogP contribution in [0.5, 0.6) is 0 Å². The number of benzene rings is 2. The molecule has 4 aromatic rings. The standard InChI is InChI=1S/C34H41N9O8S/c35-23(17-52)30(46)43-28(16-44)33(49)41-25(10-19-6-2-1-3-7-19)32(48)42-26(12-21-14-36-18-39-21)31(47)38-15-29(45)40-27(34(50)51)11-20-13-37-24-9-5-4-8-22(20)24/h1-9,13-14,18,23,25-28,37,44,52H,10-12,15-17,35H2,(H,36,39)(H,38,47)(H,40,45)(H,41,49)(H,42,48)(H,43,46)(H,50,51). The van der Waals surface area contributed by atoms with E-state index < -0.39 is 78.9 Å². The van der Waals surface area contributed by atoms with Crippen LogP contribution in [0.2, 0.25) is 0 Å². The van der Waals surface area contributed by atoms with Crippen molar-refractivity contribution in [2.45, 2.75) is 49.5 Å². The second-order valence-corrected chi connectivity index (χ2v) is 12.2. The first-order valence-electron chi connectivity index (χ1n) is 16.2. The van der Waals surface area contributed by atoms with E-state index in [0.717, 1.165) is 10.9 Å². The molecule has 5 amide bonds. The van der Waals surface area contributed by atoms with Crippen LogP contribution in [0.25, 0.3) is 10.9 Å². The average molecular weight is 736 g/mol. The van der Waals surface area contributed by atoms with Gasteiger partial charge in [-0.3, -0.25) is 24.0 Å². The summed E-state index contributed by atoms with van der Waals surface area (Å²) in [5, 5.41) is 32.8. The third-order valence-electron chi connectivity index (χ3n) is 8.03. The summed E-state index contributed by atoms with van der Waals surface area (Å²) >= 11 is 3.96. The number of amides is 5. The summed E-state index contributed by atoms with van der Waals surface area (Å²) in [4.78, 5) is 87.4. The average Bonchev–Trinajstić information content (AvgIpc) is 3.82. The van der Waals surface area contributed by atoms with Gasteiger partial charge in [0.1, 0.15) is 24.2 Å². The van der Waals surface area contributed by atoms with Crippen molar-refractivity contribution in [2.24, 2.45) is 5.73 Å². The molecule has 52 heavy (non-hydrogen) atoms. The molecular formula is C34H41N9O8S. The van der Waals surface area contributed by atoms with Crippen molar-refractivity contribution in [2.75, 3.05) is 18.9 Å². The highest BCUT2D eigenvalue weighted by Crippen LogP contribution is 2.19. The maximum Gasteiger partial charge on any atom is 0.326 e. The van der Waals surface area contributed by atoms with Gasteiger partial charge in [0.05, 0.1) is 25.5 Å². The molecule has 0 spiro atoms. The number of hydrogen-bond acceptors (Lipinski definition) is 10. The number of aliphatic hydroxyl groups excluding tert-OH is 1. The van der Waals surface area contributed by atoms with Gasteiger partial charge < -0.3 is 52.5 Å². The van der Waals surface area contributed by atoms with Crippen LogP contribution < -0.4 is 32.3 Å². The third-order valence-corrected chi connectivity index (χ3v) is 8.43. The van der Waals surface area contributed by atoms with E-state index in [-0.39, 0.29) is 25.0 Å². The summed E-state index contributed by atoms with van der Waals surface area (Å²) in [7, 11) is 0. The molecule has 11 N–H and O–H groups in total. The molecule has 17 nitrogen and oxygen atoms in total. The van der Waals surface area contributed by atoms with Crippen LogP contribution in [-0.4, -0.2) is 110 Å². The molecule has 0 aliphatic rings. The Morgan fingerprint density at radius 3 is 2.08 bits per heavy atom. The minimum absolute atomic E-state index is 0.0166. The second-order valence-electron chi connectivity index (χ2n) is 11.9. The van der Waals surface area contributed by atoms with Crippen LogP contribution in [0.3, 0.4) is 0 Å². The summed E-state index contributed by atoms with van der Waals surface area (Å²) < 4.78 is 0. The Balaban J connectivity index is 1.45. The molecule has 0 aliphatic carbocycles. The summed E-state index contributed by atoms with van der Waals surface area (Å²) in [6.07, 6.45) is 4.34. The summed E-state index contributed by atoms with van der Waals surface area (Å²) in [5.41, 5.74) is 8.27. The molecule has 0 fully saturated rings. The number of hydrogen-bond donors (Lipinski definition) is 11. The number of carboxylic acid groups (broad SMARTS) is 1. The second kappa shape index (κ2) is 19.0. The van der Waals surface area contributed by atoms with Gasteiger partial charge in [-0.25, -0.2) is 9.78 Å². The Labute approximate surface area is 303 Å². The summed E-state index contributed by atoms with van der Waals surface area (Å²) in [6.45, 7) is -1.41. The monoisotopic (exact) mass is 735 g/mol. The molecule has 18 heteroatoms. The fraction of sp³-hybridized carbons (Fsp3) is 0.324. The lowest BCUT2D eigenvalue weighted by Gasteiger charge is -2.25. The number of fused-ring (bicyclic) bond motifs is 1. The highest BCUT2D eigenvalue weighted by molar-refractivity contribution is 7.80. The number of imidazole rings is 1. The van der Waals surface area contributed by atoms with Crippen LogP contribution in [-0.2, 0) is 48.0 Å². The van der Waals surface area contributed by atoms with E-state index in [1.54, 1.807) is 36.5 Å². The Kier molecular flexibility index (Phi) is 14.3. The van der Waals surface area contributed by atoms with Crippen molar-refractivity contribution in [3.63, 3.8) is 0 Å². The van der Waals surface area contributed by atoms with E-state index in [0.29, 0.717) is 16.8 Å². The van der Waals surface area contributed by atoms with Crippen molar-refractivity contribution in [3.8, 4) is 0 Å². The van der Waals surface area contributed by atoms with Gasteiger partial charge in [-0.05, 0) is 17.2 Å². The minimum Gasteiger partial charge on any atom is -0.480 e. The fourth-order valence-electron chi connectivity index (χ4n) is 5.24. The van der Waals surface area contributed by atoms with E-state index >= 15 is 0 Å². The lowest BCUT2D eigenvalue weighted by molar-refractivity contribution is -0.141. The number of aliphatic hydroxyl groups is 1. The van der Waals surface area contributed by atoms with E-state index in [9.17, 15) is 39.0 Å². The summed E-state index contributed by atoms with van der Waals surface area (Å²) in [6, 6.07) is 9.61. The number of aromatic nitrogens is 3. The summed E-state index contributed by atoms with van der Waals surface area (Å²) in [5.74, 6) is -5.26. The normalized spacial score (nSPS) is 13.9. The zero-order chi connectivity index (χ0) is 37.6. The molecule has 5 atom stereocenters. The van der Waals surface area contributed by atoms with Crippen LogP contribution >= 0.6 is 12.6 Å². The zero-order valence-corrected chi connectivity index (χ0v) is 28.8. The number of thiol groups is 1. The molecule has 0 saturated heterocycles. The Morgan fingerprint density at radius 2 is 1.42 bits per heavy atom. The van der Waals surface area contributed by atoms with Crippen LogP contribution in [0, 0.1) is 0 Å². The van der Waals surface area contributed by atoms with Gasteiger partial charge in [-0.1, -0.05) is 48.5 Å². The molecule has 0 aliphatic heterocycles. The number of rotatable bonds is 19. The SMILES string of the molecule is NC(CS)C(=O)NC(CO)C(=O)NC(Cc1ccccc1)C(=O)NC(Cc1cnc[nH]1)C(=O)NCC(=O)NC(Cc1c[nH]c2ccccc12)C(=O)O. The first kappa shape index (κ1) is 39.1. The number of carboxylic acids is 1. The Hall–Kier alpha value is -5.72. The molecule has 276 valence electrons. The number of nitrogens with two attached hydrogens (primary N) is 1. The van der Waals surface area contributed by atoms with Gasteiger partial charge in [0, 0.05) is 54.0 Å². The Bertz CT molecular complexity index is 1840. The number of H-pyrrole nitrogens is 2. The Morgan fingerprint density at radius 1 is 0.769 bits per heavy atom. The number of nitrogens with one attached hydrogen (secondary N) is 7. The van der Waals surface area contributed by atoms with Gasteiger partial charge in [0.15, 0.2) is 0 Å². The van der Waals surface area contributed by atoms with Gasteiger partial charge in [-0.15, -0.1) is 0 Å². The lowest BCUT2D eigenvalue weighted by atomic mass is 10.0. The quantitative estimate of drug-likeness (QED) is 0.0486. The number of aromatic amines is 2. The predicted octanol–water partition coefficient (Wildman–Crippen LogP) is -1.69. The number of nitrogens with zero attached hydrogens (tertiary/aromatic N) is 1. The minimum atomic E-state index is -1.45. The molecule has 5 unspecified atom stereocenters. The molecule has 2 heterocycles. The van der Waals surface area contributed by atoms with E-state index in [1.807, 2.05) is 24.3 Å². The first-order chi connectivity index (χ1) is 25.0. The fourth-order valence-corrected chi connectivity index (χ4v) is 5.41. The van der Waals surface area contributed by atoms with E-state index in [2.05, 4.69) is 54.2 Å². The smallest absolute Gasteiger partial charge is 0.326 e. The maximum absolute atomic E-state index is 13.8. The van der Waals surface area contributed by atoms with Crippen molar-refractivity contribution in [1.82, 2.24) is 41.5 Å². The highest BCUT2D eigenvalue weighted by Gasteiger charge is 2.31. The number of aliphatic carboxylic acids is 1. The molecule has 2 aromatic carbocycles. The lowest BCUT2D eigenvalue weighted by Crippen LogP contribution is -2.59. The van der Waals surface area contributed by atoms with Gasteiger partial charge in [-0.2, -0.15) is 12.6 Å². The van der Waals surface area contributed by atoms with Crippen LogP contribution in [0.1, 0.15) is 16.8 Å². The van der Waals surface area contributed by atoms with E-state index in [1.165, 1.54) is 12.5 Å². The first-order valence-corrected chi connectivity index (χ1v) is 16.9. The molecule has 4 rings (SSSR count). The van der Waals surface area contributed by atoms with Crippen molar-refractivity contribution < 1.29 is 39.0 Å². The highest BCUT2D eigenvalue weighted by atomic mass is 32.1. The predicted molar refractivity (Wildman–Crippen MR) is 192 cm³/mol. The van der Waals surface area contributed by atoms with Gasteiger partial charge in [0.2, 0.25) is 29.5 Å². The molecule has 0 saturated carbocycles. The van der Waals surface area contributed by atoms with Crippen molar-refractivity contribution >= 4 is 59.0 Å². The van der Waals surface area contributed by atoms with Gasteiger partial charge >= 0.3 is 5.97 Å². The van der Waals surface area contributed by atoms with E-state index in [4.69, 9.17) is 5.73 Å². The van der Waals surface area contributed by atoms with Crippen LogP contribution in [0.4, 0.5) is 0 Å². The largest absolute Gasteiger partial charge is 0.480 e. The van der Waals surface area contributed by atoms with Crippen molar-refractivity contribution in [3.05, 3.63) is 90.1 Å². The molecule has 2 aromatic heterocycles. The molecular weight excluding hydrogens is 694 g/mol. The molecule has 0 radical (unpaired) electrons. The number of carbonyl (C=O) groups excluding carboxylic acids is 5. The van der Waals surface area contributed by atoms with Gasteiger partial charge in [0.25, 0.3) is 0 Å². The molecule has 0 bridgehead atoms. The number of para-hydroxylation sites is 1.